The molecule has 0 aliphatic heterocycles. The topological polar surface area (TPSA) is 58.5 Å². The summed E-state index contributed by atoms with van der Waals surface area (Å²) in [5, 5.41) is 7.53. The second kappa shape index (κ2) is 11.5. The number of carbonyl (C=O) groups is 1. The van der Waals surface area contributed by atoms with Gasteiger partial charge in [0.05, 0.1) is 5.54 Å². The van der Waals surface area contributed by atoms with Crippen LogP contribution in [0.15, 0.2) is 42.1 Å². The lowest BCUT2D eigenvalue weighted by atomic mass is 9.65. The van der Waals surface area contributed by atoms with E-state index in [1.165, 1.54) is 5.56 Å². The van der Waals surface area contributed by atoms with E-state index in [9.17, 15) is 9.70 Å². The standard InChI is InChI=1S/C24H35ClN2O2/c1-4-6-8-23(27-29)24(17-7-5-2,26-18(3)28)21-13-9-19(10-14-21)20-11-15-22(25)16-12-20/h5,11-12,15-16,19,21,23H,2,4,6-10,13-14,17H2,1,3H3,(H,26,28). The fourth-order valence-corrected chi connectivity index (χ4v) is 5.16. The van der Waals surface area contributed by atoms with Gasteiger partial charge in [-0.2, -0.15) is 4.91 Å². The molecule has 1 amide bonds. The van der Waals surface area contributed by atoms with Crippen molar-refractivity contribution in [2.45, 2.75) is 89.1 Å². The molecule has 1 aromatic carbocycles. The lowest BCUT2D eigenvalue weighted by Crippen LogP contribution is -2.60. The Kier molecular flexibility index (Phi) is 9.35. The molecular formula is C24H35ClN2O2. The monoisotopic (exact) mass is 418 g/mol. The van der Waals surface area contributed by atoms with Crippen LogP contribution in [-0.2, 0) is 4.79 Å². The third-order valence-corrected chi connectivity index (χ3v) is 6.77. The van der Waals surface area contributed by atoms with E-state index in [-0.39, 0.29) is 11.8 Å². The van der Waals surface area contributed by atoms with Gasteiger partial charge in [-0.1, -0.05) is 54.8 Å². The first-order valence-electron chi connectivity index (χ1n) is 10.9. The maximum absolute atomic E-state index is 12.2. The summed E-state index contributed by atoms with van der Waals surface area (Å²) in [6, 6.07) is 7.73. The van der Waals surface area contributed by atoms with Gasteiger partial charge in [0.2, 0.25) is 5.91 Å². The largest absolute Gasteiger partial charge is 0.348 e. The number of halogens is 1. The lowest BCUT2D eigenvalue weighted by molar-refractivity contribution is -0.122. The molecule has 0 aromatic heterocycles. The van der Waals surface area contributed by atoms with Crippen LogP contribution in [0.1, 0.15) is 83.1 Å². The van der Waals surface area contributed by atoms with E-state index in [0.29, 0.717) is 18.8 Å². The molecule has 160 valence electrons. The second-order valence-electron chi connectivity index (χ2n) is 8.41. The van der Waals surface area contributed by atoms with E-state index in [1.807, 2.05) is 18.2 Å². The van der Waals surface area contributed by atoms with E-state index in [2.05, 4.69) is 36.1 Å². The van der Waals surface area contributed by atoms with Crippen LogP contribution in [0.5, 0.6) is 0 Å². The Morgan fingerprint density at radius 1 is 1.31 bits per heavy atom. The average Bonchev–Trinajstić information content (AvgIpc) is 2.72. The summed E-state index contributed by atoms with van der Waals surface area (Å²) in [4.78, 5) is 24.1. The van der Waals surface area contributed by atoms with Gasteiger partial charge in [0.15, 0.2) is 0 Å². The number of allylic oxidation sites excluding steroid dienone is 1. The van der Waals surface area contributed by atoms with Crippen molar-refractivity contribution in [1.29, 1.82) is 0 Å². The van der Waals surface area contributed by atoms with Gasteiger partial charge in [0, 0.05) is 11.9 Å². The van der Waals surface area contributed by atoms with E-state index >= 15 is 0 Å². The number of rotatable bonds is 11. The highest BCUT2D eigenvalue weighted by Gasteiger charge is 2.47. The Labute approximate surface area is 180 Å². The van der Waals surface area contributed by atoms with Gasteiger partial charge in [-0.15, -0.1) is 6.58 Å². The summed E-state index contributed by atoms with van der Waals surface area (Å²) >= 11 is 6.03. The number of unbranched alkanes of at least 4 members (excludes halogenated alkanes) is 1. The third kappa shape index (κ3) is 6.15. The van der Waals surface area contributed by atoms with E-state index in [0.717, 1.165) is 50.0 Å². The summed E-state index contributed by atoms with van der Waals surface area (Å²) in [6.45, 7) is 7.52. The van der Waals surface area contributed by atoms with Crippen LogP contribution in [0.3, 0.4) is 0 Å². The molecule has 4 nitrogen and oxygen atoms in total. The van der Waals surface area contributed by atoms with Crippen molar-refractivity contribution in [2.75, 3.05) is 0 Å². The summed E-state index contributed by atoms with van der Waals surface area (Å²) in [5.74, 6) is 0.657. The van der Waals surface area contributed by atoms with Crippen LogP contribution in [0.2, 0.25) is 5.02 Å². The predicted octanol–water partition coefficient (Wildman–Crippen LogP) is 6.78. The molecule has 1 aromatic rings. The highest BCUT2D eigenvalue weighted by molar-refractivity contribution is 6.30. The quantitative estimate of drug-likeness (QED) is 0.318. The zero-order chi connectivity index (χ0) is 21.3. The van der Waals surface area contributed by atoms with Crippen LogP contribution in [0, 0.1) is 10.8 Å². The lowest BCUT2D eigenvalue weighted by Gasteiger charge is -2.47. The normalized spacial score (nSPS) is 22.3. The summed E-state index contributed by atoms with van der Waals surface area (Å²) in [7, 11) is 0. The molecule has 2 atom stereocenters. The van der Waals surface area contributed by atoms with Gasteiger partial charge in [-0.05, 0) is 74.5 Å². The molecule has 1 aliphatic rings. The molecular weight excluding hydrogens is 384 g/mol. The Morgan fingerprint density at radius 3 is 2.48 bits per heavy atom. The van der Waals surface area contributed by atoms with E-state index < -0.39 is 11.6 Å². The maximum Gasteiger partial charge on any atom is 0.217 e. The van der Waals surface area contributed by atoms with Crippen molar-refractivity contribution in [3.63, 3.8) is 0 Å². The first-order valence-corrected chi connectivity index (χ1v) is 11.3. The smallest absolute Gasteiger partial charge is 0.217 e. The average molecular weight is 419 g/mol. The Balaban J connectivity index is 2.24. The molecule has 29 heavy (non-hydrogen) atoms. The Morgan fingerprint density at radius 2 is 1.97 bits per heavy atom. The molecule has 0 radical (unpaired) electrons. The van der Waals surface area contributed by atoms with Gasteiger partial charge in [-0.3, -0.25) is 4.79 Å². The second-order valence-corrected chi connectivity index (χ2v) is 8.85. The van der Waals surface area contributed by atoms with Gasteiger partial charge < -0.3 is 5.32 Å². The zero-order valence-corrected chi connectivity index (χ0v) is 18.6. The van der Waals surface area contributed by atoms with Crippen molar-refractivity contribution < 1.29 is 4.79 Å². The minimum Gasteiger partial charge on any atom is -0.348 e. The fourth-order valence-electron chi connectivity index (χ4n) is 5.04. The van der Waals surface area contributed by atoms with Crippen LogP contribution < -0.4 is 5.32 Å². The number of benzene rings is 1. The number of amides is 1. The molecule has 2 rings (SSSR count). The zero-order valence-electron chi connectivity index (χ0n) is 17.8. The molecule has 1 saturated carbocycles. The number of hydrogen-bond donors (Lipinski definition) is 1. The third-order valence-electron chi connectivity index (χ3n) is 6.52. The minimum atomic E-state index is -0.581. The van der Waals surface area contributed by atoms with Crippen LogP contribution in [-0.4, -0.2) is 17.5 Å². The molecule has 0 spiro atoms. The highest BCUT2D eigenvalue weighted by atomic mass is 35.5. The Hall–Kier alpha value is -1.68. The number of nitroso groups, excluding NO2 is 1. The fraction of sp³-hybridized carbons (Fsp3) is 0.625. The van der Waals surface area contributed by atoms with Crippen LogP contribution >= 0.6 is 11.6 Å². The minimum absolute atomic E-state index is 0.0842. The first kappa shape index (κ1) is 23.6. The Bertz CT molecular complexity index is 668. The van der Waals surface area contributed by atoms with Gasteiger partial charge >= 0.3 is 0 Å². The van der Waals surface area contributed by atoms with Crippen molar-refractivity contribution in [2.24, 2.45) is 11.1 Å². The van der Waals surface area contributed by atoms with E-state index in [1.54, 1.807) is 6.92 Å². The number of nitrogens with one attached hydrogen (secondary N) is 1. The van der Waals surface area contributed by atoms with E-state index in [4.69, 9.17) is 11.6 Å². The molecule has 5 heteroatoms. The summed E-state index contributed by atoms with van der Waals surface area (Å²) in [5.41, 5.74) is 0.738. The molecule has 0 bridgehead atoms. The van der Waals surface area contributed by atoms with Gasteiger partial charge in [-0.25, -0.2) is 0 Å². The molecule has 1 N–H and O–H groups in total. The van der Waals surface area contributed by atoms with Crippen molar-refractivity contribution in [3.8, 4) is 0 Å². The maximum atomic E-state index is 12.2. The predicted molar refractivity (Wildman–Crippen MR) is 121 cm³/mol. The number of carbonyl (C=O) groups excluding carboxylic acids is 1. The summed E-state index contributed by atoms with van der Waals surface area (Å²) in [6.07, 6.45) is 10.0. The molecule has 0 saturated heterocycles. The number of hydrogen-bond acceptors (Lipinski definition) is 3. The van der Waals surface area contributed by atoms with Crippen molar-refractivity contribution >= 4 is 17.5 Å². The SMILES string of the molecule is C=CCCC(NC(C)=O)(C1CCC(c2ccc(Cl)cc2)CC1)C(CCCC)N=O. The van der Waals surface area contributed by atoms with Crippen molar-refractivity contribution in [3.05, 3.63) is 52.4 Å². The van der Waals surface area contributed by atoms with Crippen LogP contribution in [0.25, 0.3) is 0 Å². The first-order chi connectivity index (χ1) is 14.0. The van der Waals surface area contributed by atoms with Crippen LogP contribution in [0.4, 0.5) is 0 Å². The number of nitrogens with zero attached hydrogens (tertiary/aromatic N) is 1. The summed E-state index contributed by atoms with van der Waals surface area (Å²) < 4.78 is 0. The van der Waals surface area contributed by atoms with Gasteiger partial charge in [0.1, 0.15) is 6.04 Å². The molecule has 1 aliphatic carbocycles. The van der Waals surface area contributed by atoms with Gasteiger partial charge in [0.25, 0.3) is 0 Å². The molecule has 0 heterocycles. The molecule has 1 fully saturated rings. The van der Waals surface area contributed by atoms with Crippen molar-refractivity contribution in [1.82, 2.24) is 5.32 Å². The highest BCUT2D eigenvalue weighted by Crippen LogP contribution is 2.44. The molecule has 2 unspecified atom stereocenters.